The Kier molecular flexibility index (Phi) is 3.43. The zero-order valence-corrected chi connectivity index (χ0v) is 7.30. The Morgan fingerprint density at radius 2 is 2.42 bits per heavy atom. The van der Waals surface area contributed by atoms with Gasteiger partial charge in [0.15, 0.2) is 0 Å². The first-order chi connectivity index (χ1) is 5.84. The maximum atomic E-state index is 5.60. The van der Waals surface area contributed by atoms with Gasteiger partial charge in [0.1, 0.15) is 5.69 Å². The van der Waals surface area contributed by atoms with Crippen LogP contribution >= 0.6 is 11.6 Å². The third kappa shape index (κ3) is 2.44. The molecule has 0 aliphatic heterocycles. The highest BCUT2D eigenvalue weighted by Gasteiger charge is 1.91. The van der Waals surface area contributed by atoms with Gasteiger partial charge < -0.3 is 5.73 Å². The maximum Gasteiger partial charge on any atom is 0.136 e. The van der Waals surface area contributed by atoms with Crippen molar-refractivity contribution >= 4 is 17.3 Å². The molecule has 0 aliphatic rings. The summed E-state index contributed by atoms with van der Waals surface area (Å²) < 4.78 is 0. The van der Waals surface area contributed by atoms with Crippen molar-refractivity contribution in [3.05, 3.63) is 24.0 Å². The summed E-state index contributed by atoms with van der Waals surface area (Å²) in [6, 6.07) is 3.56. The van der Waals surface area contributed by atoms with E-state index in [9.17, 15) is 0 Å². The number of rotatable bonds is 1. The second-order valence-electron chi connectivity index (χ2n) is 2.18. The smallest absolute Gasteiger partial charge is 0.136 e. The molecule has 0 bridgehead atoms. The van der Waals surface area contributed by atoms with E-state index in [0.29, 0.717) is 23.7 Å². The zero-order valence-electron chi connectivity index (χ0n) is 6.55. The molecule has 2 nitrogen and oxygen atoms in total. The van der Waals surface area contributed by atoms with Gasteiger partial charge in [0.05, 0.1) is 5.69 Å². The van der Waals surface area contributed by atoms with Crippen LogP contribution in [0, 0.1) is 11.8 Å². The van der Waals surface area contributed by atoms with Crippen molar-refractivity contribution in [2.45, 2.75) is 6.42 Å². The second kappa shape index (κ2) is 4.63. The van der Waals surface area contributed by atoms with E-state index in [4.69, 9.17) is 17.3 Å². The topological polar surface area (TPSA) is 38.9 Å². The van der Waals surface area contributed by atoms with Gasteiger partial charge in [-0.2, -0.15) is 0 Å². The van der Waals surface area contributed by atoms with Gasteiger partial charge in [-0.05, 0) is 18.1 Å². The third-order valence-corrected chi connectivity index (χ3v) is 1.45. The molecule has 0 aliphatic carbocycles. The number of pyridine rings is 1. The SMILES string of the molecule is Nc1cccnc1C#CCCCl. The largest absolute Gasteiger partial charge is 0.396 e. The van der Waals surface area contributed by atoms with Gasteiger partial charge in [-0.15, -0.1) is 11.6 Å². The molecule has 0 radical (unpaired) electrons. The van der Waals surface area contributed by atoms with Crippen LogP contribution in [-0.4, -0.2) is 10.9 Å². The minimum Gasteiger partial charge on any atom is -0.396 e. The quantitative estimate of drug-likeness (QED) is 0.527. The number of alkyl halides is 1. The highest BCUT2D eigenvalue weighted by molar-refractivity contribution is 6.18. The number of hydrogen-bond donors (Lipinski definition) is 1. The van der Waals surface area contributed by atoms with Crippen molar-refractivity contribution in [1.82, 2.24) is 4.98 Å². The summed E-state index contributed by atoms with van der Waals surface area (Å²) in [4.78, 5) is 4.01. The fourth-order valence-electron chi connectivity index (χ4n) is 0.716. The molecule has 62 valence electrons. The van der Waals surface area contributed by atoms with E-state index in [-0.39, 0.29) is 0 Å². The average molecular weight is 181 g/mol. The molecule has 1 aromatic rings. The lowest BCUT2D eigenvalue weighted by molar-refractivity contribution is 1.26. The number of nitrogens with zero attached hydrogens (tertiary/aromatic N) is 1. The number of halogens is 1. The molecule has 0 atom stereocenters. The molecule has 0 saturated heterocycles. The predicted octanol–water partition coefficient (Wildman–Crippen LogP) is 1.64. The van der Waals surface area contributed by atoms with Crippen molar-refractivity contribution < 1.29 is 0 Å². The van der Waals surface area contributed by atoms with E-state index >= 15 is 0 Å². The van der Waals surface area contributed by atoms with E-state index < -0.39 is 0 Å². The van der Waals surface area contributed by atoms with Crippen molar-refractivity contribution in [2.75, 3.05) is 11.6 Å². The number of hydrogen-bond acceptors (Lipinski definition) is 2. The summed E-state index contributed by atoms with van der Waals surface area (Å²) in [5.41, 5.74) is 6.84. The summed E-state index contributed by atoms with van der Waals surface area (Å²) in [6.45, 7) is 0. The van der Waals surface area contributed by atoms with Crippen molar-refractivity contribution in [3.8, 4) is 11.8 Å². The fraction of sp³-hybridized carbons (Fsp3) is 0.222. The summed E-state index contributed by atoms with van der Waals surface area (Å²) in [5.74, 6) is 6.25. The van der Waals surface area contributed by atoms with Crippen molar-refractivity contribution in [2.24, 2.45) is 0 Å². The predicted molar refractivity (Wildman–Crippen MR) is 50.9 cm³/mol. The first kappa shape index (κ1) is 8.89. The monoisotopic (exact) mass is 180 g/mol. The van der Waals surface area contributed by atoms with Gasteiger partial charge in [0, 0.05) is 18.5 Å². The third-order valence-electron chi connectivity index (χ3n) is 1.27. The number of nitrogens with two attached hydrogens (primary N) is 1. The van der Waals surface area contributed by atoms with Crippen LogP contribution in [0.4, 0.5) is 5.69 Å². The Morgan fingerprint density at radius 3 is 3.08 bits per heavy atom. The molecule has 0 amide bonds. The Labute approximate surface area is 76.8 Å². The Hall–Kier alpha value is -1.20. The molecule has 0 aromatic carbocycles. The minimum atomic E-state index is 0.541. The van der Waals surface area contributed by atoms with Crippen LogP contribution in [0.2, 0.25) is 0 Å². The molecular formula is C9H9ClN2. The van der Waals surface area contributed by atoms with Gasteiger partial charge in [-0.25, -0.2) is 4.98 Å². The average Bonchev–Trinajstić information content (AvgIpc) is 2.09. The number of anilines is 1. The van der Waals surface area contributed by atoms with Gasteiger partial charge in [-0.1, -0.05) is 5.92 Å². The van der Waals surface area contributed by atoms with Gasteiger partial charge in [0.2, 0.25) is 0 Å². The highest BCUT2D eigenvalue weighted by atomic mass is 35.5. The number of nitrogen functional groups attached to an aromatic ring is 1. The Bertz CT molecular complexity index is 312. The first-order valence-electron chi connectivity index (χ1n) is 3.60. The van der Waals surface area contributed by atoms with Gasteiger partial charge in [-0.3, -0.25) is 0 Å². The lowest BCUT2D eigenvalue weighted by Gasteiger charge is -1.93. The van der Waals surface area contributed by atoms with E-state index in [1.54, 1.807) is 18.3 Å². The van der Waals surface area contributed by atoms with E-state index in [1.165, 1.54) is 0 Å². The van der Waals surface area contributed by atoms with Gasteiger partial charge in [0.25, 0.3) is 0 Å². The summed E-state index contributed by atoms with van der Waals surface area (Å²) in [7, 11) is 0. The molecule has 1 aromatic heterocycles. The first-order valence-corrected chi connectivity index (χ1v) is 4.13. The van der Waals surface area contributed by atoms with Crippen LogP contribution in [0.5, 0.6) is 0 Å². The molecule has 0 unspecified atom stereocenters. The lowest BCUT2D eigenvalue weighted by Crippen LogP contribution is -1.91. The molecule has 12 heavy (non-hydrogen) atoms. The molecule has 1 heterocycles. The Morgan fingerprint density at radius 1 is 1.58 bits per heavy atom. The molecule has 1 rings (SSSR count). The zero-order chi connectivity index (χ0) is 8.81. The Balaban J connectivity index is 2.77. The second-order valence-corrected chi connectivity index (χ2v) is 2.56. The maximum absolute atomic E-state index is 5.60. The summed E-state index contributed by atoms with van der Waals surface area (Å²) in [5, 5.41) is 0. The van der Waals surface area contributed by atoms with Crippen LogP contribution in [0.1, 0.15) is 12.1 Å². The van der Waals surface area contributed by atoms with Crippen molar-refractivity contribution in [3.63, 3.8) is 0 Å². The summed E-state index contributed by atoms with van der Waals surface area (Å²) in [6.07, 6.45) is 2.33. The van der Waals surface area contributed by atoms with Crippen LogP contribution in [0.3, 0.4) is 0 Å². The highest BCUT2D eigenvalue weighted by Crippen LogP contribution is 2.04. The molecule has 2 N–H and O–H groups in total. The minimum absolute atomic E-state index is 0.541. The summed E-state index contributed by atoms with van der Waals surface area (Å²) >= 11 is 5.45. The molecule has 0 spiro atoms. The normalized spacial score (nSPS) is 8.75. The van der Waals surface area contributed by atoms with E-state index in [0.717, 1.165) is 0 Å². The van der Waals surface area contributed by atoms with Gasteiger partial charge >= 0.3 is 0 Å². The van der Waals surface area contributed by atoms with E-state index in [1.807, 2.05) is 0 Å². The molecular weight excluding hydrogens is 172 g/mol. The molecule has 3 heteroatoms. The molecule has 0 saturated carbocycles. The van der Waals surface area contributed by atoms with E-state index in [2.05, 4.69) is 16.8 Å². The van der Waals surface area contributed by atoms with Crippen LogP contribution in [-0.2, 0) is 0 Å². The lowest BCUT2D eigenvalue weighted by atomic mass is 10.3. The fourth-order valence-corrected chi connectivity index (χ4v) is 0.810. The standard InChI is InChI=1S/C9H9ClN2/c10-6-2-1-5-9-8(11)4-3-7-12-9/h3-4,7H,2,6,11H2. The van der Waals surface area contributed by atoms with Crippen molar-refractivity contribution in [1.29, 1.82) is 0 Å². The number of aromatic nitrogens is 1. The molecule has 0 fully saturated rings. The van der Waals surface area contributed by atoms with Crippen LogP contribution in [0.25, 0.3) is 0 Å². The van der Waals surface area contributed by atoms with Crippen LogP contribution < -0.4 is 5.73 Å². The van der Waals surface area contributed by atoms with Crippen LogP contribution in [0.15, 0.2) is 18.3 Å².